The van der Waals surface area contributed by atoms with Gasteiger partial charge in [0.1, 0.15) is 10.7 Å². The molecule has 7 heteroatoms. The van der Waals surface area contributed by atoms with E-state index < -0.39 is 0 Å². The SMILES string of the molecule is CCOc1cc(-c2nc3sc4c(c3c(=O)[nH]2)CCCCC4)cc(Cl)c1O. The number of nitrogens with zero attached hydrogens (tertiary/aromatic N) is 1. The summed E-state index contributed by atoms with van der Waals surface area (Å²) < 4.78 is 5.43. The maximum atomic E-state index is 12.8. The molecule has 0 radical (unpaired) electrons. The minimum Gasteiger partial charge on any atom is -0.503 e. The zero-order chi connectivity index (χ0) is 18.3. The third-order valence-corrected chi connectivity index (χ3v) is 6.15. The van der Waals surface area contributed by atoms with E-state index in [1.54, 1.807) is 23.5 Å². The average Bonchev–Trinajstić information content (AvgIpc) is 2.81. The first-order valence-electron chi connectivity index (χ1n) is 8.78. The largest absolute Gasteiger partial charge is 0.503 e. The first kappa shape index (κ1) is 17.4. The van der Waals surface area contributed by atoms with Gasteiger partial charge in [-0.05, 0) is 50.3 Å². The Morgan fingerprint density at radius 1 is 1.31 bits per heavy atom. The van der Waals surface area contributed by atoms with E-state index in [-0.39, 0.29) is 22.1 Å². The molecule has 0 bridgehead atoms. The fourth-order valence-corrected chi connectivity index (χ4v) is 4.93. The molecule has 2 N–H and O–H groups in total. The molecule has 0 saturated heterocycles. The Bertz CT molecular complexity index is 1040. The molecular formula is C19H19ClN2O3S. The Balaban J connectivity index is 1.87. The van der Waals surface area contributed by atoms with Crippen LogP contribution >= 0.6 is 22.9 Å². The van der Waals surface area contributed by atoms with Gasteiger partial charge in [-0.3, -0.25) is 4.79 Å². The fourth-order valence-electron chi connectivity index (χ4n) is 3.45. The standard InChI is InChI=1S/C19H19ClN2O3S/c1-2-25-13-9-10(8-12(20)16(13)23)17-21-18(24)15-11-6-4-3-5-7-14(11)26-19(15)22-17/h8-9,23H,2-7H2,1H3,(H,21,22,24). The summed E-state index contributed by atoms with van der Waals surface area (Å²) in [5, 5.41) is 10.9. The Hall–Kier alpha value is -2.05. The number of halogens is 1. The van der Waals surface area contributed by atoms with Crippen molar-refractivity contribution in [3.8, 4) is 22.9 Å². The van der Waals surface area contributed by atoms with Gasteiger partial charge in [-0.25, -0.2) is 4.98 Å². The van der Waals surface area contributed by atoms with E-state index in [1.807, 2.05) is 6.92 Å². The van der Waals surface area contributed by atoms with Crippen molar-refractivity contribution in [2.24, 2.45) is 0 Å². The summed E-state index contributed by atoms with van der Waals surface area (Å²) in [5.41, 5.74) is 1.66. The van der Waals surface area contributed by atoms with Crippen LogP contribution in [0, 0.1) is 0 Å². The molecule has 1 aliphatic rings. The highest BCUT2D eigenvalue weighted by Crippen LogP contribution is 2.39. The summed E-state index contributed by atoms with van der Waals surface area (Å²) in [7, 11) is 0. The lowest BCUT2D eigenvalue weighted by atomic mass is 10.1. The highest BCUT2D eigenvalue weighted by molar-refractivity contribution is 7.18. The second-order valence-corrected chi connectivity index (χ2v) is 7.89. The molecule has 1 aliphatic carbocycles. The molecule has 4 rings (SSSR count). The number of hydrogen-bond acceptors (Lipinski definition) is 5. The predicted molar refractivity (Wildman–Crippen MR) is 105 cm³/mol. The van der Waals surface area contributed by atoms with Crippen LogP contribution in [0.3, 0.4) is 0 Å². The van der Waals surface area contributed by atoms with Gasteiger partial charge in [0.05, 0.1) is 17.0 Å². The number of aromatic amines is 1. The second kappa shape index (κ2) is 6.93. The number of aromatic nitrogens is 2. The van der Waals surface area contributed by atoms with Crippen LogP contribution < -0.4 is 10.3 Å². The van der Waals surface area contributed by atoms with Gasteiger partial charge in [0.2, 0.25) is 0 Å². The second-order valence-electron chi connectivity index (χ2n) is 6.40. The first-order chi connectivity index (χ1) is 12.6. The van der Waals surface area contributed by atoms with Gasteiger partial charge >= 0.3 is 0 Å². The molecule has 0 aliphatic heterocycles. The summed E-state index contributed by atoms with van der Waals surface area (Å²) in [6.45, 7) is 2.22. The molecule has 5 nitrogen and oxygen atoms in total. The average molecular weight is 391 g/mol. The molecule has 2 aromatic heterocycles. The van der Waals surface area contributed by atoms with Crippen LogP contribution in [0.1, 0.15) is 36.6 Å². The van der Waals surface area contributed by atoms with Crippen molar-refractivity contribution in [2.75, 3.05) is 6.61 Å². The zero-order valence-electron chi connectivity index (χ0n) is 14.4. The molecular weight excluding hydrogens is 372 g/mol. The molecule has 3 aromatic rings. The van der Waals surface area contributed by atoms with E-state index in [9.17, 15) is 9.90 Å². The number of phenols is 1. The van der Waals surface area contributed by atoms with Crippen LogP contribution in [0.15, 0.2) is 16.9 Å². The normalized spacial score (nSPS) is 14.2. The van der Waals surface area contributed by atoms with E-state index in [0.29, 0.717) is 18.0 Å². The number of aryl methyl sites for hydroxylation is 2. The summed E-state index contributed by atoms with van der Waals surface area (Å²) in [5.74, 6) is 0.602. The minimum atomic E-state index is -0.119. The van der Waals surface area contributed by atoms with E-state index in [4.69, 9.17) is 16.3 Å². The van der Waals surface area contributed by atoms with E-state index >= 15 is 0 Å². The predicted octanol–water partition coefficient (Wildman–Crippen LogP) is 4.68. The Morgan fingerprint density at radius 2 is 2.12 bits per heavy atom. The molecule has 0 spiro atoms. The number of thiophene rings is 1. The highest BCUT2D eigenvalue weighted by atomic mass is 35.5. The Kier molecular flexibility index (Phi) is 4.63. The number of phenolic OH excluding ortho intramolecular Hbond substituents is 1. The summed E-state index contributed by atoms with van der Waals surface area (Å²) in [4.78, 5) is 22.4. The first-order valence-corrected chi connectivity index (χ1v) is 9.98. The molecule has 136 valence electrons. The summed E-state index contributed by atoms with van der Waals surface area (Å²) in [6, 6.07) is 3.23. The maximum Gasteiger partial charge on any atom is 0.260 e. The number of aromatic hydroxyl groups is 1. The third kappa shape index (κ3) is 2.97. The van der Waals surface area contributed by atoms with Crippen LogP contribution in [0.5, 0.6) is 11.5 Å². The highest BCUT2D eigenvalue weighted by Gasteiger charge is 2.20. The molecule has 0 saturated carbocycles. The number of H-pyrrole nitrogens is 1. The lowest BCUT2D eigenvalue weighted by molar-refractivity contribution is 0.318. The zero-order valence-corrected chi connectivity index (χ0v) is 16.0. The number of hydrogen-bond donors (Lipinski definition) is 2. The van der Waals surface area contributed by atoms with Gasteiger partial charge in [0.15, 0.2) is 11.5 Å². The van der Waals surface area contributed by atoms with Crippen LogP contribution in [-0.2, 0) is 12.8 Å². The minimum absolute atomic E-state index is 0.108. The van der Waals surface area contributed by atoms with Gasteiger partial charge in [-0.1, -0.05) is 18.0 Å². The summed E-state index contributed by atoms with van der Waals surface area (Å²) >= 11 is 7.73. The van der Waals surface area contributed by atoms with Crippen molar-refractivity contribution in [3.63, 3.8) is 0 Å². The van der Waals surface area contributed by atoms with E-state index in [0.717, 1.165) is 35.9 Å². The quantitative estimate of drug-likeness (QED) is 0.637. The van der Waals surface area contributed by atoms with Gasteiger partial charge in [-0.15, -0.1) is 11.3 Å². The number of nitrogens with one attached hydrogen (secondary N) is 1. The van der Waals surface area contributed by atoms with Crippen molar-refractivity contribution in [1.29, 1.82) is 0 Å². The van der Waals surface area contributed by atoms with Crippen molar-refractivity contribution in [1.82, 2.24) is 9.97 Å². The van der Waals surface area contributed by atoms with E-state index in [1.165, 1.54) is 16.9 Å². The number of rotatable bonds is 3. The number of fused-ring (bicyclic) bond motifs is 3. The van der Waals surface area contributed by atoms with Crippen molar-refractivity contribution in [2.45, 2.75) is 39.0 Å². The fraction of sp³-hybridized carbons (Fsp3) is 0.368. The maximum absolute atomic E-state index is 12.8. The van der Waals surface area contributed by atoms with Crippen molar-refractivity contribution >= 4 is 33.2 Å². The van der Waals surface area contributed by atoms with Crippen molar-refractivity contribution < 1.29 is 9.84 Å². The smallest absolute Gasteiger partial charge is 0.260 e. The molecule has 26 heavy (non-hydrogen) atoms. The lowest BCUT2D eigenvalue weighted by Gasteiger charge is -2.10. The van der Waals surface area contributed by atoms with Crippen LogP contribution in [-0.4, -0.2) is 21.7 Å². The monoisotopic (exact) mass is 390 g/mol. The molecule has 0 unspecified atom stereocenters. The van der Waals surface area contributed by atoms with Crippen molar-refractivity contribution in [3.05, 3.63) is 37.9 Å². The molecule has 0 fully saturated rings. The van der Waals surface area contributed by atoms with E-state index in [2.05, 4.69) is 9.97 Å². The number of benzene rings is 1. The topological polar surface area (TPSA) is 75.2 Å². The number of ether oxygens (including phenoxy) is 1. The summed E-state index contributed by atoms with van der Waals surface area (Å²) in [6.07, 6.45) is 5.45. The van der Waals surface area contributed by atoms with Gasteiger partial charge in [0, 0.05) is 10.4 Å². The van der Waals surface area contributed by atoms with Gasteiger partial charge in [-0.2, -0.15) is 0 Å². The molecule has 0 atom stereocenters. The van der Waals surface area contributed by atoms with Crippen LogP contribution in [0.25, 0.3) is 21.6 Å². The molecule has 1 aromatic carbocycles. The van der Waals surface area contributed by atoms with Crippen LogP contribution in [0.4, 0.5) is 0 Å². The Morgan fingerprint density at radius 3 is 2.92 bits per heavy atom. The third-order valence-electron chi connectivity index (χ3n) is 4.68. The Labute approximate surface area is 159 Å². The lowest BCUT2D eigenvalue weighted by Crippen LogP contribution is -2.10. The van der Waals surface area contributed by atoms with Crippen LogP contribution in [0.2, 0.25) is 5.02 Å². The van der Waals surface area contributed by atoms with Gasteiger partial charge in [0.25, 0.3) is 5.56 Å². The molecule has 0 amide bonds. The van der Waals surface area contributed by atoms with Gasteiger partial charge < -0.3 is 14.8 Å². The molecule has 2 heterocycles.